The quantitative estimate of drug-likeness (QED) is 0.846. The Balaban J connectivity index is 2.12. The molecule has 4 nitrogen and oxygen atoms in total. The Labute approximate surface area is 113 Å². The average Bonchev–Trinajstić information content (AvgIpc) is 2.78. The third-order valence-corrected chi connectivity index (χ3v) is 3.20. The van der Waals surface area contributed by atoms with Crippen molar-refractivity contribution in [3.05, 3.63) is 52.8 Å². The first-order valence-corrected chi connectivity index (χ1v) is 6.27. The van der Waals surface area contributed by atoms with Gasteiger partial charge in [-0.25, -0.2) is 0 Å². The first-order chi connectivity index (χ1) is 8.97. The standard InChI is InChI=1S/C15H19N3O/c1-11-5-6-13(12(2)7-11)9-17(3)15(19)14-8-16-18(4)10-14/h5-8,10H,9H2,1-4H3. The van der Waals surface area contributed by atoms with Gasteiger partial charge in [-0.2, -0.15) is 5.10 Å². The third kappa shape index (κ3) is 3.02. The molecule has 0 radical (unpaired) electrons. The lowest BCUT2D eigenvalue weighted by molar-refractivity contribution is 0.0785. The van der Waals surface area contributed by atoms with Gasteiger partial charge in [0.1, 0.15) is 0 Å². The molecule has 0 aliphatic carbocycles. The Bertz CT molecular complexity index is 601. The van der Waals surface area contributed by atoms with Crippen molar-refractivity contribution in [1.29, 1.82) is 0 Å². The van der Waals surface area contributed by atoms with E-state index < -0.39 is 0 Å². The van der Waals surface area contributed by atoms with Crippen molar-refractivity contribution in [2.45, 2.75) is 20.4 Å². The van der Waals surface area contributed by atoms with E-state index in [2.05, 4.69) is 37.1 Å². The minimum atomic E-state index is -0.00641. The molecular formula is C15H19N3O. The summed E-state index contributed by atoms with van der Waals surface area (Å²) in [7, 11) is 3.62. The number of benzene rings is 1. The summed E-state index contributed by atoms with van der Waals surface area (Å²) in [5, 5.41) is 4.03. The van der Waals surface area contributed by atoms with Crippen LogP contribution in [0.15, 0.2) is 30.6 Å². The van der Waals surface area contributed by atoms with E-state index >= 15 is 0 Å². The van der Waals surface area contributed by atoms with E-state index in [1.165, 1.54) is 16.7 Å². The first-order valence-electron chi connectivity index (χ1n) is 6.27. The van der Waals surface area contributed by atoms with Gasteiger partial charge in [0.05, 0.1) is 11.8 Å². The number of amides is 1. The number of nitrogens with zero attached hydrogens (tertiary/aromatic N) is 3. The molecule has 0 atom stereocenters. The first kappa shape index (κ1) is 13.3. The van der Waals surface area contributed by atoms with Gasteiger partial charge in [0.2, 0.25) is 0 Å². The van der Waals surface area contributed by atoms with E-state index in [9.17, 15) is 4.79 Å². The number of hydrogen-bond acceptors (Lipinski definition) is 2. The zero-order valence-corrected chi connectivity index (χ0v) is 11.8. The number of carbonyl (C=O) groups is 1. The van der Waals surface area contributed by atoms with Crippen LogP contribution in [-0.4, -0.2) is 27.6 Å². The van der Waals surface area contributed by atoms with Crippen LogP contribution in [0.1, 0.15) is 27.0 Å². The zero-order chi connectivity index (χ0) is 14.0. The summed E-state index contributed by atoms with van der Waals surface area (Å²) in [5.41, 5.74) is 4.24. The normalized spacial score (nSPS) is 10.5. The van der Waals surface area contributed by atoms with Crippen LogP contribution in [0.2, 0.25) is 0 Å². The SMILES string of the molecule is Cc1ccc(CN(C)C(=O)c2cnn(C)c2)c(C)c1. The van der Waals surface area contributed by atoms with E-state index in [1.54, 1.807) is 29.0 Å². The van der Waals surface area contributed by atoms with E-state index in [4.69, 9.17) is 0 Å². The van der Waals surface area contributed by atoms with Crippen LogP contribution in [0.5, 0.6) is 0 Å². The predicted molar refractivity (Wildman–Crippen MR) is 74.9 cm³/mol. The van der Waals surface area contributed by atoms with Gasteiger partial charge in [-0.05, 0) is 25.0 Å². The maximum Gasteiger partial charge on any atom is 0.257 e. The highest BCUT2D eigenvalue weighted by molar-refractivity contribution is 5.93. The van der Waals surface area contributed by atoms with Crippen molar-refractivity contribution < 1.29 is 4.79 Å². The van der Waals surface area contributed by atoms with Crippen LogP contribution >= 0.6 is 0 Å². The predicted octanol–water partition coefficient (Wildman–Crippen LogP) is 2.31. The average molecular weight is 257 g/mol. The minimum absolute atomic E-state index is 0.00641. The Morgan fingerprint density at radius 1 is 1.37 bits per heavy atom. The second-order valence-electron chi connectivity index (χ2n) is 4.99. The smallest absolute Gasteiger partial charge is 0.257 e. The molecule has 2 aromatic rings. The third-order valence-electron chi connectivity index (χ3n) is 3.20. The molecule has 100 valence electrons. The molecule has 0 unspecified atom stereocenters. The largest absolute Gasteiger partial charge is 0.337 e. The fourth-order valence-electron chi connectivity index (χ4n) is 2.10. The molecule has 4 heteroatoms. The van der Waals surface area contributed by atoms with Crippen molar-refractivity contribution in [3.63, 3.8) is 0 Å². The highest BCUT2D eigenvalue weighted by Crippen LogP contribution is 2.13. The van der Waals surface area contributed by atoms with Gasteiger partial charge in [0.15, 0.2) is 0 Å². The van der Waals surface area contributed by atoms with Crippen LogP contribution in [0.4, 0.5) is 0 Å². The lowest BCUT2D eigenvalue weighted by atomic mass is 10.1. The van der Waals surface area contributed by atoms with Gasteiger partial charge in [-0.15, -0.1) is 0 Å². The van der Waals surface area contributed by atoms with Crippen molar-refractivity contribution in [2.24, 2.45) is 7.05 Å². The number of aryl methyl sites for hydroxylation is 3. The lowest BCUT2D eigenvalue weighted by Gasteiger charge is -2.18. The Hall–Kier alpha value is -2.10. The summed E-state index contributed by atoms with van der Waals surface area (Å²) in [6.45, 7) is 4.76. The molecule has 0 N–H and O–H groups in total. The van der Waals surface area contributed by atoms with Crippen LogP contribution < -0.4 is 0 Å². The number of rotatable bonds is 3. The van der Waals surface area contributed by atoms with Crippen LogP contribution in [0, 0.1) is 13.8 Å². The molecule has 1 amide bonds. The Morgan fingerprint density at radius 3 is 2.68 bits per heavy atom. The van der Waals surface area contributed by atoms with Gasteiger partial charge in [0.25, 0.3) is 5.91 Å². The van der Waals surface area contributed by atoms with E-state index in [1.807, 2.05) is 7.05 Å². The summed E-state index contributed by atoms with van der Waals surface area (Å²) in [4.78, 5) is 13.9. The topological polar surface area (TPSA) is 38.1 Å². The maximum absolute atomic E-state index is 12.2. The fourth-order valence-corrected chi connectivity index (χ4v) is 2.10. The number of hydrogen-bond donors (Lipinski definition) is 0. The highest BCUT2D eigenvalue weighted by Gasteiger charge is 2.14. The van der Waals surface area contributed by atoms with Crippen LogP contribution in [0.25, 0.3) is 0 Å². The molecule has 0 aliphatic rings. The van der Waals surface area contributed by atoms with Crippen LogP contribution in [0.3, 0.4) is 0 Å². The van der Waals surface area contributed by atoms with Crippen molar-refractivity contribution in [1.82, 2.24) is 14.7 Å². The van der Waals surface area contributed by atoms with E-state index in [0.717, 1.165) is 0 Å². The molecule has 1 aromatic heterocycles. The number of carbonyl (C=O) groups excluding carboxylic acids is 1. The molecule has 0 saturated heterocycles. The molecule has 1 heterocycles. The van der Waals surface area contributed by atoms with Crippen molar-refractivity contribution in [2.75, 3.05) is 7.05 Å². The molecule has 2 rings (SSSR count). The highest BCUT2D eigenvalue weighted by atomic mass is 16.2. The minimum Gasteiger partial charge on any atom is -0.337 e. The molecule has 0 fully saturated rings. The summed E-state index contributed by atoms with van der Waals surface area (Å²) in [6.07, 6.45) is 3.33. The van der Waals surface area contributed by atoms with Gasteiger partial charge >= 0.3 is 0 Å². The molecule has 0 bridgehead atoms. The monoisotopic (exact) mass is 257 g/mol. The zero-order valence-electron chi connectivity index (χ0n) is 11.8. The van der Waals surface area contributed by atoms with Gasteiger partial charge in [0, 0.05) is 26.8 Å². The van der Waals surface area contributed by atoms with E-state index in [0.29, 0.717) is 12.1 Å². The molecule has 0 saturated carbocycles. The number of aromatic nitrogens is 2. The maximum atomic E-state index is 12.2. The fraction of sp³-hybridized carbons (Fsp3) is 0.333. The second kappa shape index (κ2) is 5.26. The van der Waals surface area contributed by atoms with Crippen molar-refractivity contribution >= 4 is 5.91 Å². The van der Waals surface area contributed by atoms with E-state index in [-0.39, 0.29) is 5.91 Å². The van der Waals surface area contributed by atoms with Crippen molar-refractivity contribution in [3.8, 4) is 0 Å². The molecule has 0 aliphatic heterocycles. The Kier molecular flexibility index (Phi) is 3.69. The van der Waals surface area contributed by atoms with Gasteiger partial charge < -0.3 is 4.90 Å². The molecule has 0 spiro atoms. The lowest BCUT2D eigenvalue weighted by Crippen LogP contribution is -2.26. The van der Waals surface area contributed by atoms with Gasteiger partial charge in [-0.1, -0.05) is 23.8 Å². The van der Waals surface area contributed by atoms with Crippen LogP contribution in [-0.2, 0) is 13.6 Å². The summed E-state index contributed by atoms with van der Waals surface area (Å²) in [5.74, 6) is -0.00641. The Morgan fingerprint density at radius 2 is 2.11 bits per heavy atom. The molecule has 19 heavy (non-hydrogen) atoms. The summed E-state index contributed by atoms with van der Waals surface area (Å²) in [6, 6.07) is 6.29. The molecular weight excluding hydrogens is 238 g/mol. The summed E-state index contributed by atoms with van der Waals surface area (Å²) < 4.78 is 1.64. The summed E-state index contributed by atoms with van der Waals surface area (Å²) >= 11 is 0. The second-order valence-corrected chi connectivity index (χ2v) is 4.99. The molecule has 1 aromatic carbocycles. The van der Waals surface area contributed by atoms with Gasteiger partial charge in [-0.3, -0.25) is 9.48 Å².